The Morgan fingerprint density at radius 3 is 2.19 bits per heavy atom. The maximum Gasteiger partial charge on any atom is 0.0331 e. The van der Waals surface area contributed by atoms with Crippen molar-refractivity contribution >= 4 is 0 Å². The fourth-order valence-electron chi connectivity index (χ4n) is 3.27. The van der Waals surface area contributed by atoms with Gasteiger partial charge in [0.15, 0.2) is 0 Å². The molecule has 0 atom stereocenters. The normalized spacial score (nSPS) is 30.9. The predicted molar refractivity (Wildman–Crippen MR) is 71.6 cm³/mol. The molecule has 0 amide bonds. The van der Waals surface area contributed by atoms with Crippen LogP contribution in [0.2, 0.25) is 0 Å². The maximum atomic E-state index is 6.09. The summed E-state index contributed by atoms with van der Waals surface area (Å²) in [7, 11) is 0. The first-order valence-corrected chi connectivity index (χ1v) is 7.17. The number of hydrogen-bond donors (Lipinski definition) is 1. The van der Waals surface area contributed by atoms with Crippen molar-refractivity contribution in [2.75, 3.05) is 19.6 Å². The smallest absolute Gasteiger partial charge is 0.0331 e. The van der Waals surface area contributed by atoms with Crippen molar-refractivity contribution in [3.63, 3.8) is 0 Å². The molecule has 96 valence electrons. The molecule has 0 aromatic rings. The van der Waals surface area contributed by atoms with Gasteiger partial charge in [-0.3, -0.25) is 4.90 Å². The van der Waals surface area contributed by atoms with Crippen molar-refractivity contribution in [1.29, 1.82) is 0 Å². The van der Waals surface area contributed by atoms with Gasteiger partial charge >= 0.3 is 0 Å². The van der Waals surface area contributed by atoms with E-state index in [1.54, 1.807) is 0 Å². The summed E-state index contributed by atoms with van der Waals surface area (Å²) < 4.78 is 0. The second-order valence-electron chi connectivity index (χ2n) is 5.36. The second kappa shape index (κ2) is 6.61. The Hall–Kier alpha value is -0.0800. The topological polar surface area (TPSA) is 29.3 Å². The van der Waals surface area contributed by atoms with Gasteiger partial charge < -0.3 is 5.73 Å². The van der Waals surface area contributed by atoms with Crippen LogP contribution in [-0.2, 0) is 0 Å². The molecule has 1 aliphatic rings. The quantitative estimate of drug-likeness (QED) is 0.754. The van der Waals surface area contributed by atoms with E-state index in [0.29, 0.717) is 5.54 Å². The van der Waals surface area contributed by atoms with Crippen LogP contribution in [0.15, 0.2) is 0 Å². The number of nitrogens with zero attached hydrogens (tertiary/aromatic N) is 1. The number of nitrogens with two attached hydrogens (primary N) is 1. The van der Waals surface area contributed by atoms with Gasteiger partial charge in [0.05, 0.1) is 0 Å². The Labute approximate surface area is 102 Å². The minimum Gasteiger partial charge on any atom is -0.329 e. The molecule has 1 fully saturated rings. The monoisotopic (exact) mass is 226 g/mol. The maximum absolute atomic E-state index is 6.09. The van der Waals surface area contributed by atoms with Crippen molar-refractivity contribution in [2.45, 2.75) is 64.8 Å². The summed E-state index contributed by atoms with van der Waals surface area (Å²) >= 11 is 0. The van der Waals surface area contributed by atoms with Gasteiger partial charge in [0.1, 0.15) is 0 Å². The lowest BCUT2D eigenvalue weighted by atomic mass is 9.74. The third-order valence-corrected chi connectivity index (χ3v) is 4.54. The molecule has 0 bridgehead atoms. The Morgan fingerprint density at radius 1 is 1.19 bits per heavy atom. The summed E-state index contributed by atoms with van der Waals surface area (Å²) in [6, 6.07) is 0. The first kappa shape index (κ1) is 14.0. The van der Waals surface area contributed by atoms with Crippen molar-refractivity contribution < 1.29 is 0 Å². The van der Waals surface area contributed by atoms with Gasteiger partial charge in [-0.05, 0) is 51.1 Å². The molecule has 1 saturated carbocycles. The van der Waals surface area contributed by atoms with Gasteiger partial charge in [-0.15, -0.1) is 0 Å². The van der Waals surface area contributed by atoms with Crippen LogP contribution in [0.5, 0.6) is 0 Å². The van der Waals surface area contributed by atoms with Crippen molar-refractivity contribution in [3.8, 4) is 0 Å². The molecule has 0 aromatic carbocycles. The van der Waals surface area contributed by atoms with E-state index in [-0.39, 0.29) is 0 Å². The van der Waals surface area contributed by atoms with Gasteiger partial charge in [-0.1, -0.05) is 27.2 Å². The van der Waals surface area contributed by atoms with Crippen molar-refractivity contribution in [2.24, 2.45) is 11.7 Å². The fraction of sp³-hybridized carbons (Fsp3) is 1.00. The molecular formula is C14H30N2. The van der Waals surface area contributed by atoms with E-state index in [0.717, 1.165) is 19.0 Å². The van der Waals surface area contributed by atoms with E-state index < -0.39 is 0 Å². The predicted octanol–water partition coefficient (Wildman–Crippen LogP) is 3.02. The zero-order valence-electron chi connectivity index (χ0n) is 11.5. The summed E-state index contributed by atoms with van der Waals surface area (Å²) in [5.74, 6) is 0.958. The fourth-order valence-corrected chi connectivity index (χ4v) is 3.27. The lowest BCUT2D eigenvalue weighted by Crippen LogP contribution is -2.55. The van der Waals surface area contributed by atoms with Crippen LogP contribution in [0, 0.1) is 5.92 Å². The zero-order valence-corrected chi connectivity index (χ0v) is 11.5. The standard InChI is InChI=1S/C14H30N2/c1-4-11-16(6-3)14(12-15)9-7-13(5-2)8-10-14/h13H,4-12,15H2,1-3H3. The molecule has 1 aliphatic carbocycles. The van der Waals surface area contributed by atoms with Gasteiger partial charge in [0.25, 0.3) is 0 Å². The molecule has 1 rings (SSSR count). The molecule has 0 unspecified atom stereocenters. The first-order valence-electron chi connectivity index (χ1n) is 7.17. The van der Waals surface area contributed by atoms with Crippen LogP contribution >= 0.6 is 0 Å². The molecule has 2 N–H and O–H groups in total. The highest BCUT2D eigenvalue weighted by Gasteiger charge is 2.37. The summed E-state index contributed by atoms with van der Waals surface area (Å²) in [5, 5.41) is 0. The van der Waals surface area contributed by atoms with Crippen LogP contribution in [0.25, 0.3) is 0 Å². The second-order valence-corrected chi connectivity index (χ2v) is 5.36. The van der Waals surface area contributed by atoms with Crippen LogP contribution < -0.4 is 5.73 Å². The highest BCUT2D eigenvalue weighted by atomic mass is 15.2. The summed E-state index contributed by atoms with van der Waals surface area (Å²) in [6.45, 7) is 10.1. The number of rotatable bonds is 6. The van der Waals surface area contributed by atoms with E-state index >= 15 is 0 Å². The zero-order chi connectivity index (χ0) is 12.0. The Morgan fingerprint density at radius 2 is 1.81 bits per heavy atom. The number of likely N-dealkylation sites (N-methyl/N-ethyl adjacent to an activating group) is 1. The molecule has 0 radical (unpaired) electrons. The first-order chi connectivity index (χ1) is 7.72. The van der Waals surface area contributed by atoms with Crippen molar-refractivity contribution in [1.82, 2.24) is 4.90 Å². The molecule has 16 heavy (non-hydrogen) atoms. The molecule has 2 heteroatoms. The van der Waals surface area contributed by atoms with Gasteiger partial charge in [-0.25, -0.2) is 0 Å². The largest absolute Gasteiger partial charge is 0.329 e. The van der Waals surface area contributed by atoms with Crippen LogP contribution in [0.1, 0.15) is 59.3 Å². The summed E-state index contributed by atoms with van der Waals surface area (Å²) in [6.07, 6.45) is 7.99. The minimum absolute atomic E-state index is 0.330. The van der Waals surface area contributed by atoms with Gasteiger partial charge in [0.2, 0.25) is 0 Å². The van der Waals surface area contributed by atoms with E-state index in [2.05, 4.69) is 25.7 Å². The molecule has 2 nitrogen and oxygen atoms in total. The van der Waals surface area contributed by atoms with E-state index in [1.807, 2.05) is 0 Å². The minimum atomic E-state index is 0.330. The Kier molecular flexibility index (Phi) is 5.77. The molecule has 0 heterocycles. The van der Waals surface area contributed by atoms with E-state index in [1.165, 1.54) is 45.1 Å². The lowest BCUT2D eigenvalue weighted by Gasteiger charge is -2.47. The van der Waals surface area contributed by atoms with Gasteiger partial charge in [0, 0.05) is 12.1 Å². The third-order valence-electron chi connectivity index (χ3n) is 4.54. The van der Waals surface area contributed by atoms with Crippen LogP contribution in [-0.4, -0.2) is 30.1 Å². The lowest BCUT2D eigenvalue weighted by molar-refractivity contribution is 0.0459. The molecule has 0 spiro atoms. The van der Waals surface area contributed by atoms with Crippen LogP contribution in [0.3, 0.4) is 0 Å². The molecule has 0 aromatic heterocycles. The third kappa shape index (κ3) is 2.98. The summed E-state index contributed by atoms with van der Waals surface area (Å²) in [4.78, 5) is 2.64. The SMILES string of the molecule is CCCN(CC)C1(CN)CCC(CC)CC1. The van der Waals surface area contributed by atoms with Crippen LogP contribution in [0.4, 0.5) is 0 Å². The molecule has 0 saturated heterocycles. The number of hydrogen-bond acceptors (Lipinski definition) is 2. The Bertz CT molecular complexity index is 183. The average molecular weight is 226 g/mol. The van der Waals surface area contributed by atoms with E-state index in [4.69, 9.17) is 5.73 Å². The molecule has 0 aliphatic heterocycles. The van der Waals surface area contributed by atoms with Gasteiger partial charge in [-0.2, -0.15) is 0 Å². The molecular weight excluding hydrogens is 196 g/mol. The van der Waals surface area contributed by atoms with Crippen molar-refractivity contribution in [3.05, 3.63) is 0 Å². The Balaban J connectivity index is 2.63. The highest BCUT2D eigenvalue weighted by Crippen LogP contribution is 2.37. The highest BCUT2D eigenvalue weighted by molar-refractivity contribution is 4.95. The average Bonchev–Trinajstić information content (AvgIpc) is 2.36. The van der Waals surface area contributed by atoms with E-state index in [9.17, 15) is 0 Å². The summed E-state index contributed by atoms with van der Waals surface area (Å²) in [5.41, 5.74) is 6.42.